The molecule has 0 spiro atoms. The number of hydrogen-bond acceptors (Lipinski definition) is 3. The van der Waals surface area contributed by atoms with E-state index in [9.17, 15) is 4.39 Å². The van der Waals surface area contributed by atoms with Gasteiger partial charge in [0, 0.05) is 43.2 Å². The Morgan fingerprint density at radius 3 is 1.94 bits per heavy atom. The molecule has 1 radical (unpaired) electrons. The van der Waals surface area contributed by atoms with Crippen LogP contribution in [0.4, 0.5) is 4.39 Å². The summed E-state index contributed by atoms with van der Waals surface area (Å²) in [5.74, 6) is 1.11. The van der Waals surface area contributed by atoms with E-state index in [1.54, 1.807) is 6.07 Å². The Morgan fingerprint density at radius 1 is 0.662 bits per heavy atom. The smallest absolute Gasteiger partial charge is 0.121 e. The van der Waals surface area contributed by atoms with Crippen LogP contribution >= 0.6 is 0 Å². The molecule has 345 valence electrons. The average Bonchev–Trinajstić information content (AvgIpc) is 3.90. The maximum absolute atomic E-state index is 12.8. The maximum atomic E-state index is 12.8. The fraction of sp³-hybridized carbons (Fsp3) is 0.213. The predicted octanol–water partition coefficient (Wildman–Crippen LogP) is 16.5. The summed E-state index contributed by atoms with van der Waals surface area (Å²) in [6, 6.07) is 58.5. The predicted molar refractivity (Wildman–Crippen MR) is 282 cm³/mol. The molecular weight excluding hydrogens is 1030 g/mol. The Morgan fingerprint density at radius 2 is 1.32 bits per heavy atom. The Kier molecular flexibility index (Phi) is 13.8. The number of para-hydroxylation sites is 2. The van der Waals surface area contributed by atoms with E-state index in [-0.39, 0.29) is 43.2 Å². The van der Waals surface area contributed by atoms with Crippen molar-refractivity contribution >= 4 is 46.2 Å². The molecule has 7 aromatic carbocycles. The van der Waals surface area contributed by atoms with Crippen molar-refractivity contribution in [3.05, 3.63) is 192 Å². The number of rotatable bonds is 8. The van der Waals surface area contributed by atoms with E-state index >= 15 is 0 Å². The molecule has 4 nitrogen and oxygen atoms in total. The number of nitrogens with zero attached hydrogens (tertiary/aromatic N) is 3. The van der Waals surface area contributed by atoms with Crippen molar-refractivity contribution in [2.75, 3.05) is 0 Å². The van der Waals surface area contributed by atoms with Gasteiger partial charge in [0.2, 0.25) is 0 Å². The van der Waals surface area contributed by atoms with Gasteiger partial charge in [0.1, 0.15) is 5.58 Å². The number of benzene rings is 7. The topological polar surface area (TPSA) is 43.9 Å². The molecule has 0 aliphatic carbocycles. The fourth-order valence-electron chi connectivity index (χ4n) is 8.85. The molecule has 0 bridgehead atoms. The maximum Gasteiger partial charge on any atom is 0.121 e. The van der Waals surface area contributed by atoms with E-state index in [0.717, 1.165) is 61.2 Å². The van der Waals surface area contributed by atoms with Crippen LogP contribution < -0.4 is 5.19 Å². The molecular formula is C61H58FIrN3OSi-2. The van der Waals surface area contributed by atoms with Crippen LogP contribution in [0.15, 0.2) is 162 Å². The molecule has 0 saturated heterocycles. The van der Waals surface area contributed by atoms with Gasteiger partial charge in [0.15, 0.2) is 0 Å². The number of halogens is 1. The second-order valence-corrected chi connectivity index (χ2v) is 25.4. The Balaban J connectivity index is 0.000000293. The molecule has 0 fully saturated rings. The molecule has 3 aromatic heterocycles. The standard InChI is InChI=1S/C47H43N2O.C14H15FNSi.Ir/c1-29(2)39-26-34(32-20-23-35(24-21-32)47(5,6)7)27-40(30(3)4)44(39)49-42-19-12-11-18-41(42)48-46(49)38-17-13-16-37-36-25-22-33(28-43(36)50-45(37)38)31-14-9-8-10-15-31;1-17(2,3)13-8-9-14(16-10-13)11-4-6-12(15)7-5-11;/h8-16,18-30H,1-7H3;4,6-10H,1-3H3;/q2*-1;. The number of imidazole rings is 1. The number of fused-ring (bicyclic) bond motifs is 4. The fourth-order valence-corrected chi connectivity index (χ4v) is 9.88. The number of hydrogen-bond donors (Lipinski definition) is 0. The van der Waals surface area contributed by atoms with Crippen LogP contribution in [0.3, 0.4) is 0 Å². The van der Waals surface area contributed by atoms with E-state index in [0.29, 0.717) is 0 Å². The van der Waals surface area contributed by atoms with Gasteiger partial charge in [0.05, 0.1) is 30.5 Å². The van der Waals surface area contributed by atoms with Crippen LogP contribution in [-0.4, -0.2) is 22.6 Å². The SMILES string of the molecule is CC(C)c1cc(-c2ccc(C(C)(C)C)cc2)cc(C(C)C)c1-n1c(-c2[c-]ccc3c2oc2cc(-c4ccccc4)ccc23)nc2ccccc21.C[Si](C)(C)c1ccc(-c2[c-]cc(F)cc2)nc1.[Ir]. The molecule has 0 aliphatic rings. The first-order valence-electron chi connectivity index (χ1n) is 23.4. The van der Waals surface area contributed by atoms with Crippen LogP contribution in [0.1, 0.15) is 77.0 Å². The molecule has 0 amide bonds. The van der Waals surface area contributed by atoms with Gasteiger partial charge >= 0.3 is 0 Å². The Hall–Kier alpha value is -6.24. The number of aromatic nitrogens is 3. The summed E-state index contributed by atoms with van der Waals surface area (Å²) in [4.78, 5) is 9.76. The molecule has 0 unspecified atom stereocenters. The van der Waals surface area contributed by atoms with Crippen LogP contribution in [0.25, 0.3) is 83.6 Å². The quantitative estimate of drug-likeness (QED) is 0.112. The molecule has 0 saturated carbocycles. The van der Waals surface area contributed by atoms with E-state index in [1.807, 2.05) is 24.4 Å². The normalized spacial score (nSPS) is 11.9. The molecule has 0 atom stereocenters. The van der Waals surface area contributed by atoms with Crippen molar-refractivity contribution in [2.24, 2.45) is 0 Å². The van der Waals surface area contributed by atoms with Crippen molar-refractivity contribution in [1.82, 2.24) is 14.5 Å². The summed E-state index contributed by atoms with van der Waals surface area (Å²) in [5, 5.41) is 3.47. The van der Waals surface area contributed by atoms with Crippen molar-refractivity contribution in [1.29, 1.82) is 0 Å². The first-order valence-corrected chi connectivity index (χ1v) is 26.9. The summed E-state index contributed by atoms with van der Waals surface area (Å²) in [5.41, 5.74) is 16.2. The van der Waals surface area contributed by atoms with Crippen LogP contribution in [0.2, 0.25) is 19.6 Å². The zero-order chi connectivity index (χ0) is 47.2. The minimum atomic E-state index is -1.30. The third-order valence-electron chi connectivity index (χ3n) is 12.7. The van der Waals surface area contributed by atoms with Crippen molar-refractivity contribution in [3.63, 3.8) is 0 Å². The Bertz CT molecular complexity index is 3330. The monoisotopic (exact) mass is 1090 g/mol. The van der Waals surface area contributed by atoms with E-state index in [1.165, 1.54) is 56.4 Å². The van der Waals surface area contributed by atoms with Gasteiger partial charge in [-0.25, -0.2) is 0 Å². The third kappa shape index (κ3) is 9.71. The second-order valence-electron chi connectivity index (χ2n) is 20.3. The van der Waals surface area contributed by atoms with Crippen LogP contribution in [-0.2, 0) is 25.5 Å². The van der Waals surface area contributed by atoms with Crippen molar-refractivity contribution in [3.8, 4) is 50.6 Å². The molecule has 0 aliphatic heterocycles. The van der Waals surface area contributed by atoms with Gasteiger partial charge in [0.25, 0.3) is 0 Å². The molecule has 10 rings (SSSR count). The summed E-state index contributed by atoms with van der Waals surface area (Å²) in [6.45, 7) is 22.8. The van der Waals surface area contributed by atoms with Gasteiger partial charge in [-0.1, -0.05) is 170 Å². The minimum absolute atomic E-state index is 0. The molecule has 10 aromatic rings. The summed E-state index contributed by atoms with van der Waals surface area (Å²) in [6.07, 6.45) is 1.93. The minimum Gasteiger partial charge on any atom is -0.501 e. The first kappa shape index (κ1) is 48.2. The Labute approximate surface area is 415 Å². The number of pyridine rings is 1. The van der Waals surface area contributed by atoms with Crippen LogP contribution in [0, 0.1) is 17.9 Å². The van der Waals surface area contributed by atoms with Crippen molar-refractivity contribution < 1.29 is 28.9 Å². The number of furan rings is 1. The summed E-state index contributed by atoms with van der Waals surface area (Å²) < 4.78 is 21.9. The molecule has 7 heteroatoms. The van der Waals surface area contributed by atoms with E-state index in [4.69, 9.17) is 9.40 Å². The summed E-state index contributed by atoms with van der Waals surface area (Å²) in [7, 11) is -1.30. The molecule has 3 heterocycles. The van der Waals surface area contributed by atoms with E-state index < -0.39 is 8.07 Å². The largest absolute Gasteiger partial charge is 0.501 e. The zero-order valence-electron chi connectivity index (χ0n) is 40.6. The average molecular weight is 1090 g/mol. The second kappa shape index (κ2) is 19.4. The summed E-state index contributed by atoms with van der Waals surface area (Å²) >= 11 is 0. The molecule has 0 N–H and O–H groups in total. The van der Waals surface area contributed by atoms with E-state index in [2.05, 4.69) is 205 Å². The zero-order valence-corrected chi connectivity index (χ0v) is 44.0. The van der Waals surface area contributed by atoms with Gasteiger partial charge < -0.3 is 14.0 Å². The van der Waals surface area contributed by atoms with Gasteiger partial charge in [-0.2, -0.15) is 0 Å². The first-order chi connectivity index (χ1) is 32.0. The van der Waals surface area contributed by atoms with Crippen LogP contribution in [0.5, 0.6) is 0 Å². The van der Waals surface area contributed by atoms with Crippen molar-refractivity contribution in [2.45, 2.75) is 85.4 Å². The van der Waals surface area contributed by atoms with Gasteiger partial charge in [-0.3, -0.25) is 9.37 Å². The van der Waals surface area contributed by atoms with Gasteiger partial charge in [-0.05, 0) is 97.4 Å². The molecule has 68 heavy (non-hydrogen) atoms. The third-order valence-corrected chi connectivity index (χ3v) is 14.8. The van der Waals surface area contributed by atoms with Gasteiger partial charge in [-0.15, -0.1) is 48.0 Å².